The van der Waals surface area contributed by atoms with Crippen LogP contribution in [0.3, 0.4) is 0 Å². The Labute approximate surface area is 156 Å². The van der Waals surface area contributed by atoms with Crippen molar-refractivity contribution in [1.29, 1.82) is 0 Å². The molecule has 2 rings (SSSR count). The van der Waals surface area contributed by atoms with Crippen LogP contribution in [0.5, 0.6) is 17.2 Å². The van der Waals surface area contributed by atoms with Crippen molar-refractivity contribution < 1.29 is 34.4 Å². The van der Waals surface area contributed by atoms with Gasteiger partial charge in [0.1, 0.15) is 0 Å². The molecule has 0 radical (unpaired) electrons. The van der Waals surface area contributed by atoms with Gasteiger partial charge in [-0.25, -0.2) is 9.59 Å². The zero-order valence-electron chi connectivity index (χ0n) is 15.6. The molecule has 27 heavy (non-hydrogen) atoms. The smallest absolute Gasteiger partial charge is 0.336 e. The summed E-state index contributed by atoms with van der Waals surface area (Å²) in [6.45, 7) is 6.89. The van der Waals surface area contributed by atoms with Crippen LogP contribution >= 0.6 is 0 Å². The van der Waals surface area contributed by atoms with E-state index in [9.17, 15) is 24.9 Å². The summed E-state index contributed by atoms with van der Waals surface area (Å²) < 4.78 is 10.3. The monoisotopic (exact) mass is 377 g/mol. The van der Waals surface area contributed by atoms with Crippen molar-refractivity contribution in [1.82, 2.24) is 5.32 Å². The van der Waals surface area contributed by atoms with Gasteiger partial charge in [0, 0.05) is 11.4 Å². The number of aromatic hydroxyl groups is 3. The molecule has 1 aliphatic rings. The standard InChI is InChI=1S/C19H23NO7/c1-5-26-18(24)14-9(3)20-10(4)15(19(25)27-6-2)16(14)11-7-12(21)17(23)13(22)8-11/h7-8,16,20-23H,5-6H2,1-4H3. The van der Waals surface area contributed by atoms with Crippen LogP contribution in [0.15, 0.2) is 34.7 Å². The number of dihydropyridines is 1. The number of nitrogens with one attached hydrogen (secondary N) is 1. The number of rotatable bonds is 5. The fourth-order valence-corrected chi connectivity index (χ4v) is 3.08. The maximum atomic E-state index is 12.6. The first-order valence-electron chi connectivity index (χ1n) is 8.50. The lowest BCUT2D eigenvalue weighted by molar-refractivity contribution is -0.139. The van der Waals surface area contributed by atoms with Crippen LogP contribution in [0.4, 0.5) is 0 Å². The SMILES string of the molecule is CCOC(=O)C1=C(C)NC(C)=C(C(=O)OCC)C1c1cc(O)c(O)c(O)c1. The molecule has 146 valence electrons. The van der Waals surface area contributed by atoms with Crippen molar-refractivity contribution in [3.8, 4) is 17.2 Å². The molecular formula is C19H23NO7. The molecule has 0 amide bonds. The van der Waals surface area contributed by atoms with Gasteiger partial charge in [0.15, 0.2) is 17.2 Å². The summed E-state index contributed by atoms with van der Waals surface area (Å²) in [6, 6.07) is 2.37. The molecule has 1 heterocycles. The van der Waals surface area contributed by atoms with Crippen LogP contribution in [-0.2, 0) is 19.1 Å². The van der Waals surface area contributed by atoms with Gasteiger partial charge in [0.25, 0.3) is 0 Å². The average molecular weight is 377 g/mol. The maximum absolute atomic E-state index is 12.6. The lowest BCUT2D eigenvalue weighted by Crippen LogP contribution is -2.32. The average Bonchev–Trinajstić information content (AvgIpc) is 2.58. The van der Waals surface area contributed by atoms with E-state index in [0.29, 0.717) is 11.4 Å². The van der Waals surface area contributed by atoms with Crippen molar-refractivity contribution in [2.24, 2.45) is 0 Å². The predicted octanol–water partition coefficient (Wildman–Crippen LogP) is 2.16. The normalized spacial score (nSPS) is 14.8. The second-order valence-corrected chi connectivity index (χ2v) is 5.98. The molecule has 0 saturated carbocycles. The molecule has 0 aliphatic carbocycles. The van der Waals surface area contributed by atoms with E-state index in [0.717, 1.165) is 0 Å². The summed E-state index contributed by atoms with van der Waals surface area (Å²) in [5.74, 6) is -4.09. The molecule has 0 unspecified atom stereocenters. The second kappa shape index (κ2) is 8.03. The Morgan fingerprint density at radius 1 is 0.926 bits per heavy atom. The molecule has 0 fully saturated rings. The number of allylic oxidation sites excluding steroid dienone is 2. The van der Waals surface area contributed by atoms with Crippen molar-refractivity contribution in [2.45, 2.75) is 33.6 Å². The zero-order valence-corrected chi connectivity index (χ0v) is 15.6. The van der Waals surface area contributed by atoms with Crippen molar-refractivity contribution in [3.63, 3.8) is 0 Å². The van der Waals surface area contributed by atoms with Crippen molar-refractivity contribution in [3.05, 3.63) is 40.2 Å². The van der Waals surface area contributed by atoms with Gasteiger partial charge in [0.05, 0.1) is 30.3 Å². The molecule has 4 N–H and O–H groups in total. The Morgan fingerprint density at radius 3 is 1.70 bits per heavy atom. The van der Waals surface area contributed by atoms with Gasteiger partial charge < -0.3 is 30.1 Å². The van der Waals surface area contributed by atoms with Gasteiger partial charge in [-0.05, 0) is 45.4 Å². The van der Waals surface area contributed by atoms with Crippen LogP contribution in [-0.4, -0.2) is 40.5 Å². The molecule has 0 aromatic heterocycles. The Balaban J connectivity index is 2.72. The highest BCUT2D eigenvalue weighted by Crippen LogP contribution is 2.44. The van der Waals surface area contributed by atoms with Crippen molar-refractivity contribution in [2.75, 3.05) is 13.2 Å². The number of benzene rings is 1. The Kier molecular flexibility index (Phi) is 5.99. The first-order valence-corrected chi connectivity index (χ1v) is 8.50. The lowest BCUT2D eigenvalue weighted by Gasteiger charge is -2.30. The minimum Gasteiger partial charge on any atom is -0.504 e. The Bertz CT molecular complexity index is 775. The number of hydrogen-bond donors (Lipinski definition) is 4. The third-order valence-corrected chi connectivity index (χ3v) is 4.18. The molecule has 1 aliphatic heterocycles. The molecule has 0 saturated heterocycles. The van der Waals surface area contributed by atoms with Crippen LogP contribution < -0.4 is 5.32 Å². The van der Waals surface area contributed by atoms with Crippen LogP contribution in [0, 0.1) is 0 Å². The number of carbonyl (C=O) groups excluding carboxylic acids is 2. The van der Waals surface area contributed by atoms with E-state index in [-0.39, 0.29) is 29.9 Å². The van der Waals surface area contributed by atoms with Crippen molar-refractivity contribution >= 4 is 11.9 Å². The summed E-state index contributed by atoms with van der Waals surface area (Å²) in [4.78, 5) is 25.2. The Hall–Kier alpha value is -3.16. The van der Waals surface area contributed by atoms with E-state index in [1.54, 1.807) is 27.7 Å². The van der Waals surface area contributed by atoms with E-state index >= 15 is 0 Å². The highest BCUT2D eigenvalue weighted by molar-refractivity contribution is 6.00. The van der Waals surface area contributed by atoms with Crippen LogP contribution in [0.1, 0.15) is 39.2 Å². The number of carbonyl (C=O) groups is 2. The largest absolute Gasteiger partial charge is 0.504 e. The van der Waals surface area contributed by atoms with Gasteiger partial charge in [-0.2, -0.15) is 0 Å². The van der Waals surface area contributed by atoms with Gasteiger partial charge in [0.2, 0.25) is 0 Å². The molecule has 8 nitrogen and oxygen atoms in total. The fourth-order valence-electron chi connectivity index (χ4n) is 3.08. The summed E-state index contributed by atoms with van der Waals surface area (Å²) in [5, 5.41) is 32.4. The van der Waals surface area contributed by atoms with E-state index in [1.807, 2.05) is 0 Å². The number of phenols is 3. The molecular weight excluding hydrogens is 354 g/mol. The first kappa shape index (κ1) is 20.2. The molecule has 1 aromatic rings. The van der Waals surface area contributed by atoms with Crippen LogP contribution in [0.2, 0.25) is 0 Å². The third-order valence-electron chi connectivity index (χ3n) is 4.18. The quantitative estimate of drug-likeness (QED) is 0.454. The minimum atomic E-state index is -0.957. The molecule has 8 heteroatoms. The number of phenolic OH excluding ortho intramolecular Hbond substituents is 3. The number of esters is 2. The van der Waals surface area contributed by atoms with Crippen LogP contribution in [0.25, 0.3) is 0 Å². The van der Waals surface area contributed by atoms with E-state index in [1.165, 1.54) is 12.1 Å². The van der Waals surface area contributed by atoms with E-state index in [4.69, 9.17) is 9.47 Å². The summed E-state index contributed by atoms with van der Waals surface area (Å²) in [6.07, 6.45) is 0. The third kappa shape index (κ3) is 3.84. The minimum absolute atomic E-state index is 0.131. The van der Waals surface area contributed by atoms with Gasteiger partial charge in [-0.3, -0.25) is 0 Å². The molecule has 0 atom stereocenters. The molecule has 1 aromatic carbocycles. The highest BCUT2D eigenvalue weighted by atomic mass is 16.5. The van der Waals surface area contributed by atoms with E-state index in [2.05, 4.69) is 5.32 Å². The highest BCUT2D eigenvalue weighted by Gasteiger charge is 2.38. The topological polar surface area (TPSA) is 125 Å². The fraction of sp³-hybridized carbons (Fsp3) is 0.368. The van der Waals surface area contributed by atoms with Gasteiger partial charge in [-0.1, -0.05) is 0 Å². The summed E-state index contributed by atoms with van der Waals surface area (Å²) >= 11 is 0. The first-order chi connectivity index (χ1) is 12.7. The molecule has 0 spiro atoms. The van der Waals surface area contributed by atoms with E-state index < -0.39 is 35.1 Å². The molecule has 0 bridgehead atoms. The number of ether oxygens (including phenoxy) is 2. The predicted molar refractivity (Wildman–Crippen MR) is 96.0 cm³/mol. The van der Waals surface area contributed by atoms with Gasteiger partial charge >= 0.3 is 11.9 Å². The maximum Gasteiger partial charge on any atom is 0.336 e. The Morgan fingerprint density at radius 2 is 1.33 bits per heavy atom. The van der Waals surface area contributed by atoms with Gasteiger partial charge in [-0.15, -0.1) is 0 Å². The summed E-state index contributed by atoms with van der Waals surface area (Å²) in [7, 11) is 0. The zero-order chi connectivity index (χ0) is 20.3. The lowest BCUT2D eigenvalue weighted by atomic mass is 9.80. The summed E-state index contributed by atoms with van der Waals surface area (Å²) in [5.41, 5.74) is 1.46. The second-order valence-electron chi connectivity index (χ2n) is 5.98. The number of hydrogen-bond acceptors (Lipinski definition) is 8.